The van der Waals surface area contributed by atoms with E-state index in [2.05, 4.69) is 25.9 Å². The van der Waals surface area contributed by atoms with Crippen molar-refractivity contribution in [1.82, 2.24) is 25.3 Å². The summed E-state index contributed by atoms with van der Waals surface area (Å²) < 4.78 is 7.22. The van der Waals surface area contributed by atoms with E-state index in [4.69, 9.17) is 4.74 Å². The van der Waals surface area contributed by atoms with Crippen molar-refractivity contribution in [3.63, 3.8) is 0 Å². The number of rotatable bonds is 6. The van der Waals surface area contributed by atoms with Gasteiger partial charge in [-0.2, -0.15) is 5.10 Å². The normalized spacial score (nSPS) is 13.8. The molecule has 0 atom stereocenters. The van der Waals surface area contributed by atoms with Crippen LogP contribution in [0.15, 0.2) is 18.3 Å². The summed E-state index contributed by atoms with van der Waals surface area (Å²) in [5, 5.41) is 17.6. The van der Waals surface area contributed by atoms with Crippen molar-refractivity contribution in [2.45, 2.75) is 45.3 Å². The molecule has 8 nitrogen and oxygen atoms in total. The molecule has 2 aromatic heterocycles. The van der Waals surface area contributed by atoms with Crippen LogP contribution in [0, 0.1) is 0 Å². The van der Waals surface area contributed by atoms with Crippen molar-refractivity contribution in [2.75, 3.05) is 5.32 Å². The summed E-state index contributed by atoms with van der Waals surface area (Å²) in [6.45, 7) is 4.25. The van der Waals surface area contributed by atoms with Crippen LogP contribution < -0.4 is 15.4 Å². The number of nitrogens with zero attached hydrogens (tertiary/aromatic N) is 4. The van der Waals surface area contributed by atoms with E-state index >= 15 is 0 Å². The number of ether oxygens (including phenoxy) is 1. The fraction of sp³-hybridized carbons (Fsp3) is 0.500. The highest BCUT2D eigenvalue weighted by Crippen LogP contribution is 2.41. The van der Waals surface area contributed by atoms with E-state index in [0.29, 0.717) is 24.2 Å². The zero-order chi connectivity index (χ0) is 17.1. The van der Waals surface area contributed by atoms with Crippen molar-refractivity contribution >= 4 is 11.8 Å². The summed E-state index contributed by atoms with van der Waals surface area (Å²) in [5.74, 6) is 1.40. The molecule has 2 amide bonds. The molecule has 1 aliphatic carbocycles. The second-order valence-corrected chi connectivity index (χ2v) is 6.18. The molecule has 0 radical (unpaired) electrons. The number of anilines is 1. The average molecular weight is 330 g/mol. The maximum absolute atomic E-state index is 12.0. The molecule has 0 saturated heterocycles. The van der Waals surface area contributed by atoms with E-state index in [1.54, 1.807) is 12.1 Å². The third kappa shape index (κ3) is 4.01. The van der Waals surface area contributed by atoms with Crippen molar-refractivity contribution in [2.24, 2.45) is 7.05 Å². The predicted octanol–water partition coefficient (Wildman–Crippen LogP) is 2.20. The first kappa shape index (κ1) is 16.2. The highest BCUT2D eigenvalue weighted by molar-refractivity contribution is 5.88. The van der Waals surface area contributed by atoms with Gasteiger partial charge in [-0.1, -0.05) is 0 Å². The van der Waals surface area contributed by atoms with Gasteiger partial charge in [0.05, 0.1) is 24.5 Å². The van der Waals surface area contributed by atoms with Crippen LogP contribution in [0.1, 0.15) is 43.9 Å². The molecule has 0 unspecified atom stereocenters. The number of carbonyl (C=O) groups excluding carboxylic acids is 1. The summed E-state index contributed by atoms with van der Waals surface area (Å²) in [5.41, 5.74) is 2.27. The number of amides is 2. The van der Waals surface area contributed by atoms with Gasteiger partial charge >= 0.3 is 6.03 Å². The van der Waals surface area contributed by atoms with E-state index in [1.807, 2.05) is 31.8 Å². The molecule has 1 saturated carbocycles. The molecule has 0 bridgehead atoms. The SMILES string of the molecule is CC(C)Oc1ccc(NC(=O)NCc2c(C3CC3)cnn2C)nn1. The van der Waals surface area contributed by atoms with E-state index in [-0.39, 0.29) is 12.1 Å². The van der Waals surface area contributed by atoms with Crippen molar-refractivity contribution < 1.29 is 9.53 Å². The second kappa shape index (κ2) is 6.86. The van der Waals surface area contributed by atoms with E-state index < -0.39 is 0 Å². The second-order valence-electron chi connectivity index (χ2n) is 6.18. The third-order valence-corrected chi connectivity index (χ3v) is 3.77. The van der Waals surface area contributed by atoms with E-state index in [1.165, 1.54) is 18.4 Å². The summed E-state index contributed by atoms with van der Waals surface area (Å²) in [6.07, 6.45) is 4.32. The zero-order valence-electron chi connectivity index (χ0n) is 14.1. The van der Waals surface area contributed by atoms with E-state index in [9.17, 15) is 4.79 Å². The molecule has 0 aromatic carbocycles. The van der Waals surface area contributed by atoms with Gasteiger partial charge < -0.3 is 10.1 Å². The number of hydrogen-bond donors (Lipinski definition) is 2. The van der Waals surface area contributed by atoms with Gasteiger partial charge in [-0.05, 0) is 44.2 Å². The average Bonchev–Trinajstić information content (AvgIpc) is 3.31. The van der Waals surface area contributed by atoms with Crippen LogP contribution in [0.3, 0.4) is 0 Å². The molecule has 3 rings (SSSR count). The molecule has 2 N–H and O–H groups in total. The molecular weight excluding hydrogens is 308 g/mol. The molecule has 0 spiro atoms. The lowest BCUT2D eigenvalue weighted by Gasteiger charge is -2.10. The van der Waals surface area contributed by atoms with Crippen LogP contribution in [0.25, 0.3) is 0 Å². The molecule has 128 valence electrons. The van der Waals surface area contributed by atoms with Gasteiger partial charge in [0.15, 0.2) is 5.82 Å². The molecule has 8 heteroatoms. The Balaban J connectivity index is 1.53. The number of nitrogens with one attached hydrogen (secondary N) is 2. The topological polar surface area (TPSA) is 94.0 Å². The molecule has 1 fully saturated rings. The van der Waals surface area contributed by atoms with Crippen LogP contribution in [0.5, 0.6) is 5.88 Å². The summed E-state index contributed by atoms with van der Waals surface area (Å²) in [4.78, 5) is 12.0. The zero-order valence-corrected chi connectivity index (χ0v) is 14.1. The number of urea groups is 1. The van der Waals surface area contributed by atoms with Crippen molar-refractivity contribution in [3.8, 4) is 5.88 Å². The number of hydrogen-bond acceptors (Lipinski definition) is 5. The van der Waals surface area contributed by atoms with Gasteiger partial charge in [0.25, 0.3) is 0 Å². The molecule has 24 heavy (non-hydrogen) atoms. The predicted molar refractivity (Wildman–Crippen MR) is 88.8 cm³/mol. The van der Waals surface area contributed by atoms with Crippen LogP contribution >= 0.6 is 0 Å². The largest absolute Gasteiger partial charge is 0.474 e. The Morgan fingerprint density at radius 1 is 1.38 bits per heavy atom. The van der Waals surface area contributed by atoms with Gasteiger partial charge in [0.2, 0.25) is 5.88 Å². The minimum Gasteiger partial charge on any atom is -0.474 e. The minimum atomic E-state index is -0.329. The number of aromatic nitrogens is 4. The first-order valence-corrected chi connectivity index (χ1v) is 8.09. The monoisotopic (exact) mass is 330 g/mol. The quantitative estimate of drug-likeness (QED) is 0.847. The smallest absolute Gasteiger partial charge is 0.320 e. The lowest BCUT2D eigenvalue weighted by atomic mass is 10.1. The van der Waals surface area contributed by atoms with Crippen LogP contribution in [-0.4, -0.2) is 32.1 Å². The Morgan fingerprint density at radius 3 is 2.79 bits per heavy atom. The Hall–Kier alpha value is -2.64. The highest BCUT2D eigenvalue weighted by Gasteiger charge is 2.28. The van der Waals surface area contributed by atoms with Crippen molar-refractivity contribution in [1.29, 1.82) is 0 Å². The van der Waals surface area contributed by atoms with Gasteiger partial charge in [-0.25, -0.2) is 4.79 Å². The first-order valence-electron chi connectivity index (χ1n) is 8.09. The lowest BCUT2D eigenvalue weighted by Crippen LogP contribution is -2.29. The Morgan fingerprint density at radius 2 is 2.17 bits per heavy atom. The molecule has 1 aliphatic rings. The Labute approximate surface area is 140 Å². The number of aryl methyl sites for hydroxylation is 1. The summed E-state index contributed by atoms with van der Waals surface area (Å²) in [7, 11) is 1.89. The van der Waals surface area contributed by atoms with Gasteiger partial charge in [0.1, 0.15) is 0 Å². The molecular formula is C16H22N6O2. The molecule has 2 heterocycles. The third-order valence-electron chi connectivity index (χ3n) is 3.77. The lowest BCUT2D eigenvalue weighted by molar-refractivity contribution is 0.230. The highest BCUT2D eigenvalue weighted by atomic mass is 16.5. The van der Waals surface area contributed by atoms with Gasteiger partial charge in [0, 0.05) is 13.1 Å². The maximum atomic E-state index is 12.0. The van der Waals surface area contributed by atoms with Crippen LogP contribution in [0.4, 0.5) is 10.6 Å². The van der Waals surface area contributed by atoms with E-state index in [0.717, 1.165) is 5.69 Å². The van der Waals surface area contributed by atoms with Crippen molar-refractivity contribution in [3.05, 3.63) is 29.6 Å². The summed E-state index contributed by atoms with van der Waals surface area (Å²) in [6, 6.07) is 3.00. The van der Waals surface area contributed by atoms with Crippen LogP contribution in [0.2, 0.25) is 0 Å². The van der Waals surface area contributed by atoms with Gasteiger partial charge in [-0.3, -0.25) is 10.00 Å². The fourth-order valence-electron chi connectivity index (χ4n) is 2.45. The number of carbonyl (C=O) groups is 1. The summed E-state index contributed by atoms with van der Waals surface area (Å²) >= 11 is 0. The first-order chi connectivity index (χ1) is 11.5. The Bertz CT molecular complexity index is 706. The van der Waals surface area contributed by atoms with Crippen LogP contribution in [-0.2, 0) is 13.6 Å². The molecule has 0 aliphatic heterocycles. The maximum Gasteiger partial charge on any atom is 0.320 e. The minimum absolute atomic E-state index is 0.0287. The fourth-order valence-corrected chi connectivity index (χ4v) is 2.45. The Kier molecular flexibility index (Phi) is 4.64. The molecule has 2 aromatic rings. The standard InChI is InChI=1S/C16H22N6O2/c1-10(2)24-15-7-6-14(20-21-15)19-16(23)17-9-13-12(11-4-5-11)8-18-22(13)3/h6-8,10-11H,4-5,9H2,1-3H3,(H2,17,19,20,23). The van der Waals surface area contributed by atoms with Gasteiger partial charge in [-0.15, -0.1) is 10.2 Å².